The molecule has 0 aromatic heterocycles. The molecular weight excluding hydrogens is 467 g/mol. The zero-order chi connectivity index (χ0) is 19.0. The lowest BCUT2D eigenvalue weighted by Crippen LogP contribution is -2.55. The van der Waals surface area contributed by atoms with Gasteiger partial charge in [-0.05, 0) is 54.6 Å². The first-order valence-corrected chi connectivity index (χ1v) is 9.99. The molecule has 0 fully saturated rings. The number of nitrogens with zero attached hydrogens (tertiary/aromatic N) is 2. The van der Waals surface area contributed by atoms with Gasteiger partial charge in [0, 0.05) is 16.2 Å². The van der Waals surface area contributed by atoms with Gasteiger partial charge in [0.15, 0.2) is 0 Å². The van der Waals surface area contributed by atoms with Gasteiger partial charge in [0.05, 0.1) is 15.5 Å². The highest BCUT2D eigenvalue weighted by Crippen LogP contribution is 2.41. The molecule has 2 N–H and O–H groups in total. The molecule has 1 aromatic carbocycles. The van der Waals surface area contributed by atoms with E-state index in [4.69, 9.17) is 10.5 Å². The molecule has 1 aromatic rings. The minimum atomic E-state index is -3.15. The number of amides is 1. The third-order valence-corrected chi connectivity index (χ3v) is 8.10. The molecule has 1 aliphatic heterocycles. The van der Waals surface area contributed by atoms with E-state index in [2.05, 4.69) is 9.36 Å². The molecule has 10 heteroatoms. The number of hydrogen-bond donors (Lipinski definition) is 1. The highest BCUT2D eigenvalue weighted by molar-refractivity contribution is 14.1. The van der Waals surface area contributed by atoms with Gasteiger partial charge in [-0.25, -0.2) is 27.1 Å². The zero-order valence-corrected chi connectivity index (χ0v) is 16.9. The van der Waals surface area contributed by atoms with E-state index in [0.29, 0.717) is 3.57 Å². The number of hydrogen-bond acceptors (Lipinski definition) is 5. The number of carbonyl (C=O) groups is 1. The number of benzene rings is 1. The first kappa shape index (κ1) is 20.0. The first-order valence-electron chi connectivity index (χ1n) is 7.23. The number of rotatable bonds is 2. The molecule has 2 rings (SSSR count). The topological polar surface area (TPSA) is 94.1 Å². The van der Waals surface area contributed by atoms with Crippen LogP contribution in [0.4, 0.5) is 13.6 Å². The summed E-state index contributed by atoms with van der Waals surface area (Å²) in [5.41, 5.74) is 3.18. The molecule has 0 unspecified atom stereocenters. The third-order valence-electron chi connectivity index (χ3n) is 4.21. The fourth-order valence-corrected chi connectivity index (χ4v) is 5.41. The van der Waals surface area contributed by atoms with Gasteiger partial charge in [0.1, 0.15) is 22.8 Å². The molecule has 25 heavy (non-hydrogen) atoms. The van der Waals surface area contributed by atoms with E-state index in [1.807, 2.05) is 22.6 Å². The summed E-state index contributed by atoms with van der Waals surface area (Å²) < 4.78 is 50.2. The van der Waals surface area contributed by atoms with Crippen LogP contribution in [0, 0.1) is 9.39 Å². The molecule has 0 radical (unpaired) electrons. The Labute approximate surface area is 158 Å². The van der Waals surface area contributed by atoms with Crippen LogP contribution in [-0.2, 0) is 20.0 Å². The van der Waals surface area contributed by atoms with Gasteiger partial charge in [0.25, 0.3) is 0 Å². The van der Waals surface area contributed by atoms with Crippen molar-refractivity contribution in [1.29, 1.82) is 0 Å². The number of carbonyl (C=O) groups excluding carboxylic acids is 1. The van der Waals surface area contributed by atoms with Crippen molar-refractivity contribution in [3.05, 3.63) is 33.1 Å². The largest absolute Gasteiger partial charge is 0.411 e. The molecule has 138 valence electrons. The fourth-order valence-electron chi connectivity index (χ4n) is 2.67. The Balaban J connectivity index is 2.83. The summed E-state index contributed by atoms with van der Waals surface area (Å²) in [5, 5.41) is 0. The summed E-state index contributed by atoms with van der Waals surface area (Å²) >= 11 is 1.95. The van der Waals surface area contributed by atoms with Gasteiger partial charge >= 0.3 is 6.09 Å². The smallest absolute Gasteiger partial charge is 0.394 e. The van der Waals surface area contributed by atoms with Crippen LogP contribution in [0.3, 0.4) is 0 Å². The van der Waals surface area contributed by atoms with E-state index in [1.165, 1.54) is 39.1 Å². The summed E-state index contributed by atoms with van der Waals surface area (Å²) in [6, 6.07) is 4.13. The van der Waals surface area contributed by atoms with Crippen molar-refractivity contribution in [3.63, 3.8) is 0 Å². The maximum Gasteiger partial charge on any atom is 0.411 e. The molecule has 1 aliphatic rings. The summed E-state index contributed by atoms with van der Waals surface area (Å²) in [5.74, 6) is -1.36. The standard InChI is InChI=1S/C15H18F2IN3O3S/c1-14(2)12(24-13(19)22)21-15(7-16,8-25(14,23)20-3)10-6-9(18)4-5-11(10)17/h4-6H,7-8H2,1-3H3,(H2,19,22)/t15-,25+/m0/s1. The predicted molar refractivity (Wildman–Crippen MR) is 100 cm³/mol. The maximum atomic E-state index is 14.4. The normalized spacial score (nSPS) is 28.2. The fraction of sp³-hybridized carbons (Fsp3) is 0.467. The molecule has 0 saturated heterocycles. The van der Waals surface area contributed by atoms with Crippen molar-refractivity contribution >= 4 is 44.3 Å². The SMILES string of the molecule is CN=[S@@]1(=O)C[C@@](CF)(c2cc(I)ccc2F)N=C(OC(N)=O)C1(C)C. The van der Waals surface area contributed by atoms with Crippen LogP contribution >= 0.6 is 22.6 Å². The second-order valence-electron chi connectivity index (χ2n) is 6.11. The molecule has 0 bridgehead atoms. The van der Waals surface area contributed by atoms with Crippen LogP contribution < -0.4 is 5.73 Å². The minimum Gasteiger partial charge on any atom is -0.394 e. The Kier molecular flexibility index (Phi) is 5.43. The van der Waals surface area contributed by atoms with E-state index in [9.17, 15) is 17.8 Å². The highest BCUT2D eigenvalue weighted by Gasteiger charge is 2.52. The van der Waals surface area contributed by atoms with Crippen molar-refractivity contribution < 1.29 is 22.5 Å². The van der Waals surface area contributed by atoms with Crippen LogP contribution in [0.25, 0.3) is 0 Å². The van der Waals surface area contributed by atoms with Gasteiger partial charge in [-0.1, -0.05) is 0 Å². The quantitative estimate of drug-likeness (QED) is 0.653. The van der Waals surface area contributed by atoms with Crippen molar-refractivity contribution in [2.45, 2.75) is 24.1 Å². The molecule has 2 atom stereocenters. The number of primary amides is 1. The summed E-state index contributed by atoms with van der Waals surface area (Å²) in [6.07, 6.45) is -1.18. The van der Waals surface area contributed by atoms with Crippen LogP contribution in [0.15, 0.2) is 27.6 Å². The van der Waals surface area contributed by atoms with Crippen molar-refractivity contribution in [2.75, 3.05) is 19.5 Å². The van der Waals surface area contributed by atoms with Gasteiger partial charge in [-0.3, -0.25) is 0 Å². The Morgan fingerprint density at radius 2 is 2.16 bits per heavy atom. The molecule has 0 saturated carbocycles. The van der Waals surface area contributed by atoms with Crippen LogP contribution in [0.1, 0.15) is 19.4 Å². The molecule has 1 heterocycles. The summed E-state index contributed by atoms with van der Waals surface area (Å²) in [7, 11) is -1.82. The maximum absolute atomic E-state index is 14.4. The zero-order valence-electron chi connectivity index (χ0n) is 13.9. The lowest BCUT2D eigenvalue weighted by Gasteiger charge is -2.41. The molecule has 0 spiro atoms. The predicted octanol–water partition coefficient (Wildman–Crippen LogP) is 2.98. The monoisotopic (exact) mass is 485 g/mol. The van der Waals surface area contributed by atoms with E-state index in [1.54, 1.807) is 0 Å². The minimum absolute atomic E-state index is 0.0701. The average Bonchev–Trinajstić information content (AvgIpc) is 2.54. The third kappa shape index (κ3) is 3.37. The number of aliphatic imine (C=N–C) groups is 1. The van der Waals surface area contributed by atoms with Gasteiger partial charge in [-0.15, -0.1) is 0 Å². The molecule has 0 aliphatic carbocycles. The van der Waals surface area contributed by atoms with Crippen LogP contribution in [0.5, 0.6) is 0 Å². The number of halogens is 3. The Morgan fingerprint density at radius 1 is 1.52 bits per heavy atom. The second-order valence-corrected chi connectivity index (χ2v) is 10.3. The van der Waals surface area contributed by atoms with E-state index in [0.717, 1.165) is 0 Å². The highest BCUT2D eigenvalue weighted by atomic mass is 127. The van der Waals surface area contributed by atoms with Crippen LogP contribution in [-0.4, -0.2) is 40.4 Å². The Morgan fingerprint density at radius 3 is 2.68 bits per heavy atom. The Hall–Kier alpha value is -1.30. The van der Waals surface area contributed by atoms with E-state index in [-0.39, 0.29) is 17.2 Å². The van der Waals surface area contributed by atoms with Crippen LogP contribution in [0.2, 0.25) is 0 Å². The Bertz CT molecular complexity index is 866. The van der Waals surface area contributed by atoms with Gasteiger partial charge in [-0.2, -0.15) is 0 Å². The number of alkyl halides is 1. The molecule has 6 nitrogen and oxygen atoms in total. The molecular formula is C15H18F2IN3O3S. The lowest BCUT2D eigenvalue weighted by molar-refractivity contribution is 0.203. The number of ether oxygens (including phenoxy) is 1. The summed E-state index contributed by atoms with van der Waals surface area (Å²) in [6.45, 7) is 1.88. The first-order chi connectivity index (χ1) is 11.5. The van der Waals surface area contributed by atoms with Gasteiger partial charge < -0.3 is 10.5 Å². The second kappa shape index (κ2) is 6.78. The molecule has 1 amide bonds. The van der Waals surface area contributed by atoms with Gasteiger partial charge in [0.2, 0.25) is 5.90 Å². The van der Waals surface area contributed by atoms with E-state index >= 15 is 0 Å². The average molecular weight is 485 g/mol. The van der Waals surface area contributed by atoms with E-state index < -0.39 is 38.6 Å². The van der Waals surface area contributed by atoms with Crippen molar-refractivity contribution in [1.82, 2.24) is 0 Å². The lowest BCUT2D eigenvalue weighted by atomic mass is 9.92. The van der Waals surface area contributed by atoms with Crippen molar-refractivity contribution in [3.8, 4) is 0 Å². The summed E-state index contributed by atoms with van der Waals surface area (Å²) in [4.78, 5) is 15.4. The number of nitrogens with two attached hydrogens (primary N) is 1. The van der Waals surface area contributed by atoms with Crippen molar-refractivity contribution in [2.24, 2.45) is 15.1 Å².